The molecule has 1 N–H and O–H groups in total. The van der Waals surface area contributed by atoms with Crippen molar-refractivity contribution in [1.82, 2.24) is 0 Å². The molecule has 0 saturated heterocycles. The van der Waals surface area contributed by atoms with Gasteiger partial charge in [0.05, 0.1) is 19.3 Å². The van der Waals surface area contributed by atoms with Gasteiger partial charge < -0.3 is 19.5 Å². The highest BCUT2D eigenvalue weighted by Gasteiger charge is 2.14. The highest BCUT2D eigenvalue weighted by Crippen LogP contribution is 2.28. The fourth-order valence-electron chi connectivity index (χ4n) is 2.10. The molecule has 138 valence electrons. The number of carbonyl (C=O) groups excluding carboxylic acids is 2. The maximum absolute atomic E-state index is 12.1. The lowest BCUT2D eigenvalue weighted by molar-refractivity contribution is -0.119. The monoisotopic (exact) mass is 377 g/mol. The molecule has 0 aromatic heterocycles. The first-order valence-corrected chi connectivity index (χ1v) is 8.44. The Morgan fingerprint density at radius 1 is 1.12 bits per heavy atom. The summed E-state index contributed by atoms with van der Waals surface area (Å²) in [6, 6.07) is 11.4. The fraction of sp³-hybridized carbons (Fsp3) is 0.263. The third-order valence-corrected chi connectivity index (χ3v) is 3.54. The number of hydrogen-bond acceptors (Lipinski definition) is 5. The van der Waals surface area contributed by atoms with Crippen molar-refractivity contribution in [3.63, 3.8) is 0 Å². The number of anilines is 1. The largest absolute Gasteiger partial charge is 0.493 e. The molecule has 2 rings (SSSR count). The molecule has 0 aliphatic carbocycles. The zero-order valence-electron chi connectivity index (χ0n) is 14.6. The van der Waals surface area contributed by atoms with Gasteiger partial charge in [0.15, 0.2) is 18.1 Å². The van der Waals surface area contributed by atoms with Crippen LogP contribution in [0.25, 0.3) is 0 Å². The highest BCUT2D eigenvalue weighted by atomic mass is 35.5. The summed E-state index contributed by atoms with van der Waals surface area (Å²) in [7, 11) is 1.49. The van der Waals surface area contributed by atoms with Gasteiger partial charge in [-0.05, 0) is 42.8 Å². The normalized spacial score (nSPS) is 10.1. The standard InChI is InChI=1S/C19H20ClNO5/c1-3-9-25-16-8-7-13(10-17(16)24-2)19(23)26-12-18(22)21-15-6-4-5-14(20)11-15/h4-8,10-11H,3,9,12H2,1-2H3,(H,21,22). The molecule has 0 saturated carbocycles. The van der Waals surface area contributed by atoms with Crippen LogP contribution in [0.5, 0.6) is 11.5 Å². The molecule has 0 spiro atoms. The molecule has 0 fully saturated rings. The Bertz CT molecular complexity index is 778. The molecule has 7 heteroatoms. The van der Waals surface area contributed by atoms with E-state index < -0.39 is 18.5 Å². The number of halogens is 1. The first-order chi connectivity index (χ1) is 12.5. The molecule has 0 aliphatic heterocycles. The van der Waals surface area contributed by atoms with Gasteiger partial charge in [-0.3, -0.25) is 4.79 Å². The summed E-state index contributed by atoms with van der Waals surface area (Å²) in [5, 5.41) is 3.10. The van der Waals surface area contributed by atoms with Gasteiger partial charge in [0.1, 0.15) is 0 Å². The number of rotatable bonds is 8. The zero-order chi connectivity index (χ0) is 18.9. The van der Waals surface area contributed by atoms with Gasteiger partial charge in [-0.15, -0.1) is 0 Å². The van der Waals surface area contributed by atoms with Gasteiger partial charge in [0.25, 0.3) is 5.91 Å². The van der Waals surface area contributed by atoms with Crippen molar-refractivity contribution in [3.8, 4) is 11.5 Å². The number of benzene rings is 2. The van der Waals surface area contributed by atoms with E-state index in [0.29, 0.717) is 28.8 Å². The number of methoxy groups -OCH3 is 1. The van der Waals surface area contributed by atoms with E-state index >= 15 is 0 Å². The van der Waals surface area contributed by atoms with Gasteiger partial charge in [-0.1, -0.05) is 24.6 Å². The molecule has 1 amide bonds. The molecule has 0 unspecified atom stereocenters. The van der Waals surface area contributed by atoms with E-state index in [-0.39, 0.29) is 5.56 Å². The zero-order valence-corrected chi connectivity index (χ0v) is 15.3. The Morgan fingerprint density at radius 3 is 2.62 bits per heavy atom. The molecule has 6 nitrogen and oxygen atoms in total. The summed E-state index contributed by atoms with van der Waals surface area (Å²) < 4.78 is 15.8. The molecule has 0 heterocycles. The van der Waals surface area contributed by atoms with Crippen LogP contribution in [-0.4, -0.2) is 32.2 Å². The van der Waals surface area contributed by atoms with Crippen molar-refractivity contribution in [2.24, 2.45) is 0 Å². The molecule has 26 heavy (non-hydrogen) atoms. The van der Waals surface area contributed by atoms with E-state index in [1.54, 1.807) is 36.4 Å². The van der Waals surface area contributed by atoms with Crippen LogP contribution in [0, 0.1) is 0 Å². The topological polar surface area (TPSA) is 73.9 Å². The third kappa shape index (κ3) is 5.67. The average molecular weight is 378 g/mol. The number of ether oxygens (including phenoxy) is 3. The predicted molar refractivity (Wildman–Crippen MR) is 99.1 cm³/mol. The lowest BCUT2D eigenvalue weighted by Crippen LogP contribution is -2.21. The Balaban J connectivity index is 1.93. The van der Waals surface area contributed by atoms with Gasteiger partial charge in [0.2, 0.25) is 0 Å². The lowest BCUT2D eigenvalue weighted by atomic mass is 10.2. The Labute approximate surface area is 157 Å². The molecule has 2 aromatic carbocycles. The van der Waals surface area contributed by atoms with Gasteiger partial charge in [-0.25, -0.2) is 4.79 Å². The summed E-state index contributed by atoms with van der Waals surface area (Å²) in [4.78, 5) is 24.0. The molecule has 0 radical (unpaired) electrons. The smallest absolute Gasteiger partial charge is 0.338 e. The number of amides is 1. The first-order valence-electron chi connectivity index (χ1n) is 8.07. The van der Waals surface area contributed by atoms with Crippen LogP contribution in [0.3, 0.4) is 0 Å². The SMILES string of the molecule is CCCOc1ccc(C(=O)OCC(=O)Nc2cccc(Cl)c2)cc1OC. The third-order valence-electron chi connectivity index (χ3n) is 3.30. The molecule has 2 aromatic rings. The van der Waals surface area contributed by atoms with E-state index in [4.69, 9.17) is 25.8 Å². The van der Waals surface area contributed by atoms with Crippen molar-refractivity contribution in [2.75, 3.05) is 25.6 Å². The van der Waals surface area contributed by atoms with E-state index in [1.807, 2.05) is 6.92 Å². The summed E-state index contributed by atoms with van der Waals surface area (Å²) in [5.41, 5.74) is 0.791. The molecule has 0 atom stereocenters. The van der Waals surface area contributed by atoms with Crippen LogP contribution in [0.15, 0.2) is 42.5 Å². The Kier molecular flexibility index (Phi) is 7.29. The van der Waals surface area contributed by atoms with Crippen LogP contribution in [0.2, 0.25) is 5.02 Å². The van der Waals surface area contributed by atoms with Crippen molar-refractivity contribution in [3.05, 3.63) is 53.1 Å². The molecule has 0 aliphatic rings. The van der Waals surface area contributed by atoms with Gasteiger partial charge in [-0.2, -0.15) is 0 Å². The van der Waals surface area contributed by atoms with Crippen LogP contribution in [0.1, 0.15) is 23.7 Å². The van der Waals surface area contributed by atoms with Crippen molar-refractivity contribution in [2.45, 2.75) is 13.3 Å². The van der Waals surface area contributed by atoms with Gasteiger partial charge in [0, 0.05) is 10.7 Å². The van der Waals surface area contributed by atoms with E-state index in [9.17, 15) is 9.59 Å². The summed E-state index contributed by atoms with van der Waals surface area (Å²) in [6.45, 7) is 2.12. The first kappa shape index (κ1) is 19.6. The molecular weight excluding hydrogens is 358 g/mol. The van der Waals surface area contributed by atoms with E-state index in [1.165, 1.54) is 13.2 Å². The minimum atomic E-state index is -0.633. The lowest BCUT2D eigenvalue weighted by Gasteiger charge is -2.11. The molecular formula is C19H20ClNO5. The number of nitrogens with one attached hydrogen (secondary N) is 1. The second-order valence-corrected chi connectivity index (χ2v) is 5.79. The molecule has 0 bridgehead atoms. The van der Waals surface area contributed by atoms with Crippen molar-refractivity contribution >= 4 is 29.2 Å². The van der Waals surface area contributed by atoms with E-state index in [0.717, 1.165) is 6.42 Å². The minimum absolute atomic E-state index is 0.265. The van der Waals surface area contributed by atoms with Crippen LogP contribution in [-0.2, 0) is 9.53 Å². The fourth-order valence-corrected chi connectivity index (χ4v) is 2.29. The highest BCUT2D eigenvalue weighted by molar-refractivity contribution is 6.30. The maximum atomic E-state index is 12.1. The Morgan fingerprint density at radius 2 is 1.92 bits per heavy atom. The average Bonchev–Trinajstić information content (AvgIpc) is 2.64. The maximum Gasteiger partial charge on any atom is 0.338 e. The second kappa shape index (κ2) is 9.68. The van der Waals surface area contributed by atoms with Crippen molar-refractivity contribution in [1.29, 1.82) is 0 Å². The number of hydrogen-bond donors (Lipinski definition) is 1. The summed E-state index contributed by atoms with van der Waals surface area (Å²) >= 11 is 5.85. The summed E-state index contributed by atoms with van der Waals surface area (Å²) in [5.74, 6) is -0.122. The second-order valence-electron chi connectivity index (χ2n) is 5.35. The van der Waals surface area contributed by atoms with E-state index in [2.05, 4.69) is 5.32 Å². The van der Waals surface area contributed by atoms with Crippen LogP contribution in [0.4, 0.5) is 5.69 Å². The summed E-state index contributed by atoms with van der Waals surface area (Å²) in [6.07, 6.45) is 0.856. The van der Waals surface area contributed by atoms with Crippen LogP contribution < -0.4 is 14.8 Å². The quantitative estimate of drug-likeness (QED) is 0.705. The van der Waals surface area contributed by atoms with Crippen molar-refractivity contribution < 1.29 is 23.8 Å². The number of esters is 1. The van der Waals surface area contributed by atoms with Gasteiger partial charge >= 0.3 is 5.97 Å². The Hall–Kier alpha value is -2.73. The van der Waals surface area contributed by atoms with Crippen LogP contribution >= 0.6 is 11.6 Å². The predicted octanol–water partition coefficient (Wildman–Crippen LogP) is 3.93. The minimum Gasteiger partial charge on any atom is -0.493 e. The number of carbonyl (C=O) groups is 2.